The SMILES string of the molecule is N#CCN(CCC(=O)O)c1ccccc1Cl. The first-order chi connectivity index (χ1) is 7.65. The maximum Gasteiger partial charge on any atom is 0.305 e. The molecule has 4 nitrogen and oxygen atoms in total. The van der Waals surface area contributed by atoms with E-state index in [9.17, 15) is 4.79 Å². The number of nitriles is 1. The summed E-state index contributed by atoms with van der Waals surface area (Å²) in [6, 6.07) is 9.05. The Morgan fingerprint density at radius 2 is 2.19 bits per heavy atom. The Morgan fingerprint density at radius 1 is 1.50 bits per heavy atom. The first kappa shape index (κ1) is 12.3. The van der Waals surface area contributed by atoms with Gasteiger partial charge in [-0.05, 0) is 12.1 Å². The molecule has 0 aliphatic carbocycles. The van der Waals surface area contributed by atoms with E-state index in [2.05, 4.69) is 0 Å². The fraction of sp³-hybridized carbons (Fsp3) is 0.273. The van der Waals surface area contributed by atoms with Gasteiger partial charge in [0.2, 0.25) is 0 Å². The molecule has 0 fully saturated rings. The Kier molecular flexibility index (Phi) is 4.62. The summed E-state index contributed by atoms with van der Waals surface area (Å²) in [5.74, 6) is -0.894. The van der Waals surface area contributed by atoms with Gasteiger partial charge in [0.15, 0.2) is 0 Å². The summed E-state index contributed by atoms with van der Waals surface area (Å²) in [4.78, 5) is 12.1. The van der Waals surface area contributed by atoms with Crippen LogP contribution in [0.3, 0.4) is 0 Å². The van der Waals surface area contributed by atoms with E-state index in [1.165, 1.54) is 0 Å². The maximum absolute atomic E-state index is 10.5. The van der Waals surface area contributed by atoms with Crippen LogP contribution in [0, 0.1) is 11.3 Å². The van der Waals surface area contributed by atoms with Gasteiger partial charge in [-0.2, -0.15) is 5.26 Å². The Hall–Kier alpha value is -1.73. The van der Waals surface area contributed by atoms with Crippen molar-refractivity contribution in [3.63, 3.8) is 0 Å². The zero-order valence-corrected chi connectivity index (χ0v) is 9.31. The number of aliphatic carboxylic acids is 1. The van der Waals surface area contributed by atoms with Gasteiger partial charge in [-0.1, -0.05) is 23.7 Å². The normalized spacial score (nSPS) is 9.50. The minimum absolute atomic E-state index is 0.0209. The summed E-state index contributed by atoms with van der Waals surface area (Å²) in [6.45, 7) is 0.392. The smallest absolute Gasteiger partial charge is 0.305 e. The Morgan fingerprint density at radius 3 is 2.75 bits per heavy atom. The van der Waals surface area contributed by atoms with Gasteiger partial charge in [-0.25, -0.2) is 0 Å². The quantitative estimate of drug-likeness (QED) is 0.799. The molecule has 1 N–H and O–H groups in total. The molecule has 0 radical (unpaired) electrons. The van der Waals surface area contributed by atoms with Crippen LogP contribution in [0.5, 0.6) is 0 Å². The molecule has 0 saturated carbocycles. The van der Waals surface area contributed by atoms with Gasteiger partial charge in [-0.3, -0.25) is 4.79 Å². The minimum atomic E-state index is -0.894. The monoisotopic (exact) mass is 238 g/mol. The van der Waals surface area contributed by atoms with Gasteiger partial charge in [0.1, 0.15) is 6.54 Å². The van der Waals surface area contributed by atoms with Gasteiger partial charge >= 0.3 is 5.97 Å². The molecule has 0 aromatic heterocycles. The van der Waals surface area contributed by atoms with Gasteiger partial charge in [0, 0.05) is 6.54 Å². The van der Waals surface area contributed by atoms with Crippen molar-refractivity contribution in [2.75, 3.05) is 18.0 Å². The van der Waals surface area contributed by atoms with Crippen molar-refractivity contribution >= 4 is 23.3 Å². The molecule has 0 bridgehead atoms. The molecular weight excluding hydrogens is 228 g/mol. The molecule has 1 aromatic carbocycles. The molecule has 1 rings (SSSR count). The molecular formula is C11H11ClN2O2. The lowest BCUT2D eigenvalue weighted by Crippen LogP contribution is -2.26. The average molecular weight is 239 g/mol. The topological polar surface area (TPSA) is 64.3 Å². The van der Waals surface area contributed by atoms with Gasteiger partial charge in [0.05, 0.1) is 23.2 Å². The van der Waals surface area contributed by atoms with E-state index in [1.54, 1.807) is 29.2 Å². The number of hydrogen-bond acceptors (Lipinski definition) is 3. The average Bonchev–Trinajstić information content (AvgIpc) is 2.25. The highest BCUT2D eigenvalue weighted by atomic mass is 35.5. The second kappa shape index (κ2) is 5.99. The summed E-state index contributed by atoms with van der Waals surface area (Å²) in [5.41, 5.74) is 0.687. The van der Waals surface area contributed by atoms with Crippen molar-refractivity contribution in [2.24, 2.45) is 0 Å². The molecule has 0 saturated heterocycles. The van der Waals surface area contributed by atoms with Crippen molar-refractivity contribution in [2.45, 2.75) is 6.42 Å². The number of carboxylic acids is 1. The lowest BCUT2D eigenvalue weighted by atomic mass is 10.2. The fourth-order valence-electron chi connectivity index (χ4n) is 1.31. The molecule has 0 unspecified atom stereocenters. The van der Waals surface area contributed by atoms with Crippen LogP contribution < -0.4 is 4.90 Å². The number of carbonyl (C=O) groups is 1. The van der Waals surface area contributed by atoms with Crippen LogP contribution >= 0.6 is 11.6 Å². The fourth-order valence-corrected chi connectivity index (χ4v) is 1.56. The highest BCUT2D eigenvalue weighted by Gasteiger charge is 2.10. The van der Waals surface area contributed by atoms with Crippen LogP contribution in [0.2, 0.25) is 5.02 Å². The van der Waals surface area contributed by atoms with Crippen LogP contribution in [0.4, 0.5) is 5.69 Å². The number of anilines is 1. The second-order valence-corrected chi connectivity index (χ2v) is 3.58. The number of carboxylic acid groups (broad SMARTS) is 1. The summed E-state index contributed by atoms with van der Waals surface area (Å²) in [7, 11) is 0. The second-order valence-electron chi connectivity index (χ2n) is 3.17. The summed E-state index contributed by atoms with van der Waals surface area (Å²) in [5, 5.41) is 17.8. The van der Waals surface area contributed by atoms with Crippen LogP contribution in [0.25, 0.3) is 0 Å². The highest BCUT2D eigenvalue weighted by Crippen LogP contribution is 2.24. The molecule has 1 aromatic rings. The van der Waals surface area contributed by atoms with Crippen LogP contribution in [0.15, 0.2) is 24.3 Å². The number of rotatable bonds is 5. The predicted molar refractivity (Wildman–Crippen MR) is 61.5 cm³/mol. The lowest BCUT2D eigenvalue weighted by molar-refractivity contribution is -0.136. The van der Waals surface area contributed by atoms with Crippen molar-refractivity contribution in [1.29, 1.82) is 5.26 Å². The van der Waals surface area contributed by atoms with Crippen molar-refractivity contribution in [3.05, 3.63) is 29.3 Å². The summed E-state index contributed by atoms with van der Waals surface area (Å²) < 4.78 is 0. The predicted octanol–water partition coefficient (Wildman–Crippen LogP) is 2.14. The third-order valence-corrected chi connectivity index (χ3v) is 2.37. The van der Waals surface area contributed by atoms with Crippen LogP contribution in [-0.2, 0) is 4.79 Å². The van der Waals surface area contributed by atoms with E-state index in [0.717, 1.165) is 0 Å². The van der Waals surface area contributed by atoms with Crippen molar-refractivity contribution in [3.8, 4) is 6.07 Å². The molecule has 0 spiro atoms. The van der Waals surface area contributed by atoms with Gasteiger partial charge < -0.3 is 10.0 Å². The number of hydrogen-bond donors (Lipinski definition) is 1. The number of benzene rings is 1. The Bertz CT molecular complexity index is 415. The standard InChI is InChI=1S/C11H11ClN2O2/c12-9-3-1-2-4-10(9)14(8-6-13)7-5-11(15)16/h1-4H,5,7-8H2,(H,15,16). The van der Waals surface area contributed by atoms with Crippen LogP contribution in [0.1, 0.15) is 6.42 Å². The van der Waals surface area contributed by atoms with E-state index in [0.29, 0.717) is 10.7 Å². The van der Waals surface area contributed by atoms with Gasteiger partial charge in [-0.15, -0.1) is 0 Å². The number of nitrogens with zero attached hydrogens (tertiary/aromatic N) is 2. The summed E-state index contributed by atoms with van der Waals surface area (Å²) >= 11 is 5.97. The molecule has 0 atom stereocenters. The first-order valence-corrected chi connectivity index (χ1v) is 5.11. The third-order valence-electron chi connectivity index (χ3n) is 2.05. The molecule has 0 aliphatic heterocycles. The zero-order chi connectivity index (χ0) is 12.0. The Labute approximate surface area is 98.7 Å². The minimum Gasteiger partial charge on any atom is -0.481 e. The molecule has 5 heteroatoms. The Balaban J connectivity index is 2.81. The maximum atomic E-state index is 10.5. The lowest BCUT2D eigenvalue weighted by Gasteiger charge is -2.21. The first-order valence-electron chi connectivity index (χ1n) is 4.73. The molecule has 0 amide bonds. The number of para-hydroxylation sites is 1. The molecule has 84 valence electrons. The van der Waals surface area contributed by atoms with E-state index < -0.39 is 5.97 Å². The largest absolute Gasteiger partial charge is 0.481 e. The van der Waals surface area contributed by atoms with E-state index in [1.807, 2.05) is 6.07 Å². The van der Waals surface area contributed by atoms with Crippen molar-refractivity contribution in [1.82, 2.24) is 0 Å². The molecule has 16 heavy (non-hydrogen) atoms. The van der Waals surface area contributed by atoms with E-state index in [4.69, 9.17) is 22.0 Å². The number of halogens is 1. The van der Waals surface area contributed by atoms with Crippen molar-refractivity contribution < 1.29 is 9.90 Å². The summed E-state index contributed by atoms with van der Waals surface area (Å²) in [6.07, 6.45) is -0.0209. The van der Waals surface area contributed by atoms with E-state index in [-0.39, 0.29) is 19.5 Å². The van der Waals surface area contributed by atoms with Crippen LogP contribution in [-0.4, -0.2) is 24.2 Å². The zero-order valence-electron chi connectivity index (χ0n) is 8.56. The van der Waals surface area contributed by atoms with E-state index >= 15 is 0 Å². The van der Waals surface area contributed by atoms with Gasteiger partial charge in [0.25, 0.3) is 0 Å². The molecule has 0 aliphatic rings. The highest BCUT2D eigenvalue weighted by molar-refractivity contribution is 6.33. The third kappa shape index (κ3) is 3.44. The molecule has 0 heterocycles.